The molecule has 0 aromatic rings. The molecule has 1 heterocycles. The van der Waals surface area contributed by atoms with E-state index in [-0.39, 0.29) is 12.5 Å². The zero-order valence-electron chi connectivity index (χ0n) is 8.33. The smallest absolute Gasteiger partial charge is 0.254 e. The van der Waals surface area contributed by atoms with E-state index in [0.717, 1.165) is 6.92 Å². The number of halogens is 2. The van der Waals surface area contributed by atoms with Crippen LogP contribution in [0.2, 0.25) is 0 Å². The first kappa shape index (κ1) is 11.4. The Hall–Kier alpha value is -0.710. The van der Waals surface area contributed by atoms with Crippen LogP contribution in [-0.4, -0.2) is 41.0 Å². The Bertz CT molecular complexity index is 217. The van der Waals surface area contributed by atoms with Crippen molar-refractivity contribution in [1.29, 1.82) is 0 Å². The van der Waals surface area contributed by atoms with Gasteiger partial charge in [0.25, 0.3) is 5.92 Å². The van der Waals surface area contributed by atoms with E-state index in [4.69, 9.17) is 0 Å². The molecule has 14 heavy (non-hydrogen) atoms. The maximum Gasteiger partial charge on any atom is 0.254 e. The molecule has 82 valence electrons. The predicted octanol–water partition coefficient (Wildman–Crippen LogP) is 0.871. The fraction of sp³-hybridized carbons (Fsp3) is 0.889. The number of aliphatic hydroxyl groups excluding tert-OH is 1. The van der Waals surface area contributed by atoms with Gasteiger partial charge in [-0.05, 0) is 6.92 Å². The number of carbonyl (C=O) groups excluding carboxylic acids is 1. The Morgan fingerprint density at radius 2 is 2.14 bits per heavy atom. The lowest BCUT2D eigenvalue weighted by atomic mass is 10.1. The summed E-state index contributed by atoms with van der Waals surface area (Å²) in [5.41, 5.74) is 0. The van der Waals surface area contributed by atoms with Crippen LogP contribution in [0, 0.1) is 5.92 Å². The standard InChI is InChI=1S/C9H15F2NO2/c1-6-4-12(5-7(6)13)8(14)3-9(2,10)11/h6-7,13H,3-5H2,1-2H3. The number of β-amino-alcohol motifs (C(OH)–C–C–N with tert-alkyl or cyclic N) is 1. The zero-order chi connectivity index (χ0) is 10.9. The van der Waals surface area contributed by atoms with E-state index in [9.17, 15) is 18.7 Å². The van der Waals surface area contributed by atoms with Crippen molar-refractivity contribution in [3.8, 4) is 0 Å². The Morgan fingerprint density at radius 3 is 2.50 bits per heavy atom. The minimum atomic E-state index is -2.96. The number of nitrogens with zero attached hydrogens (tertiary/aromatic N) is 1. The van der Waals surface area contributed by atoms with Gasteiger partial charge in [0, 0.05) is 19.0 Å². The quantitative estimate of drug-likeness (QED) is 0.730. The summed E-state index contributed by atoms with van der Waals surface area (Å²) in [5.74, 6) is -3.57. The topological polar surface area (TPSA) is 40.5 Å². The Labute approximate surface area is 81.7 Å². The normalized spacial score (nSPS) is 28.2. The second-order valence-electron chi connectivity index (χ2n) is 4.09. The summed E-state index contributed by atoms with van der Waals surface area (Å²) >= 11 is 0. The molecule has 1 amide bonds. The first-order valence-corrected chi connectivity index (χ1v) is 4.63. The van der Waals surface area contributed by atoms with Gasteiger partial charge in [-0.1, -0.05) is 6.92 Å². The lowest BCUT2D eigenvalue weighted by Gasteiger charge is -2.18. The van der Waals surface area contributed by atoms with Crippen molar-refractivity contribution in [2.45, 2.75) is 32.3 Å². The average Bonchev–Trinajstić information content (AvgIpc) is 2.28. The Morgan fingerprint density at radius 1 is 1.57 bits per heavy atom. The van der Waals surface area contributed by atoms with Crippen molar-refractivity contribution >= 4 is 5.91 Å². The average molecular weight is 207 g/mol. The van der Waals surface area contributed by atoms with Gasteiger partial charge in [-0.15, -0.1) is 0 Å². The largest absolute Gasteiger partial charge is 0.391 e. The molecule has 0 aromatic heterocycles. The van der Waals surface area contributed by atoms with Crippen LogP contribution in [0.4, 0.5) is 8.78 Å². The number of hydrogen-bond donors (Lipinski definition) is 1. The van der Waals surface area contributed by atoms with Crippen LogP contribution in [-0.2, 0) is 4.79 Å². The van der Waals surface area contributed by atoms with Gasteiger partial charge in [-0.3, -0.25) is 4.79 Å². The van der Waals surface area contributed by atoms with Gasteiger partial charge >= 0.3 is 0 Å². The van der Waals surface area contributed by atoms with E-state index in [0.29, 0.717) is 6.54 Å². The van der Waals surface area contributed by atoms with Crippen molar-refractivity contribution in [3.63, 3.8) is 0 Å². The maximum absolute atomic E-state index is 12.5. The van der Waals surface area contributed by atoms with Crippen LogP contribution >= 0.6 is 0 Å². The first-order chi connectivity index (χ1) is 6.29. The maximum atomic E-state index is 12.5. The summed E-state index contributed by atoms with van der Waals surface area (Å²) in [5, 5.41) is 9.33. The zero-order valence-corrected chi connectivity index (χ0v) is 8.33. The molecule has 2 unspecified atom stereocenters. The number of rotatable bonds is 2. The monoisotopic (exact) mass is 207 g/mol. The minimum absolute atomic E-state index is 0.0237. The fourth-order valence-electron chi connectivity index (χ4n) is 1.53. The Kier molecular flexibility index (Phi) is 3.09. The molecule has 0 aromatic carbocycles. The molecule has 0 radical (unpaired) electrons. The molecule has 0 aliphatic carbocycles. The molecule has 2 atom stereocenters. The van der Waals surface area contributed by atoms with Crippen molar-refractivity contribution in [2.24, 2.45) is 5.92 Å². The molecule has 1 aliphatic heterocycles. The lowest BCUT2D eigenvalue weighted by molar-refractivity contribution is -0.137. The summed E-state index contributed by atoms with van der Waals surface area (Å²) in [6.45, 7) is 3.06. The SMILES string of the molecule is CC1CN(C(=O)CC(C)(F)F)CC1O. The molecule has 3 nitrogen and oxygen atoms in total. The number of carbonyl (C=O) groups is 1. The number of amides is 1. The van der Waals surface area contributed by atoms with Gasteiger partial charge in [-0.25, -0.2) is 8.78 Å². The van der Waals surface area contributed by atoms with Crippen molar-refractivity contribution in [2.75, 3.05) is 13.1 Å². The number of likely N-dealkylation sites (tertiary alicyclic amines) is 1. The van der Waals surface area contributed by atoms with E-state index < -0.39 is 24.4 Å². The highest BCUT2D eigenvalue weighted by molar-refractivity contribution is 5.77. The molecule has 1 fully saturated rings. The van der Waals surface area contributed by atoms with E-state index in [2.05, 4.69) is 0 Å². The first-order valence-electron chi connectivity index (χ1n) is 4.63. The fourth-order valence-corrected chi connectivity index (χ4v) is 1.53. The van der Waals surface area contributed by atoms with Crippen LogP contribution < -0.4 is 0 Å². The second-order valence-corrected chi connectivity index (χ2v) is 4.09. The summed E-state index contributed by atoms with van der Waals surface area (Å²) in [6, 6.07) is 0. The minimum Gasteiger partial charge on any atom is -0.391 e. The van der Waals surface area contributed by atoms with E-state index in [1.165, 1.54) is 4.90 Å². The van der Waals surface area contributed by atoms with Crippen LogP contribution in [0.25, 0.3) is 0 Å². The highest BCUT2D eigenvalue weighted by Crippen LogP contribution is 2.22. The highest BCUT2D eigenvalue weighted by atomic mass is 19.3. The number of hydrogen-bond acceptors (Lipinski definition) is 2. The van der Waals surface area contributed by atoms with Crippen LogP contribution in [0.5, 0.6) is 0 Å². The predicted molar refractivity (Wildman–Crippen MR) is 47.0 cm³/mol. The molecular weight excluding hydrogens is 192 g/mol. The summed E-state index contributed by atoms with van der Waals surface area (Å²) < 4.78 is 25.0. The molecule has 0 spiro atoms. The van der Waals surface area contributed by atoms with E-state index in [1.807, 2.05) is 0 Å². The van der Waals surface area contributed by atoms with Gasteiger partial charge in [0.1, 0.15) is 0 Å². The van der Waals surface area contributed by atoms with Gasteiger partial charge in [0.2, 0.25) is 5.91 Å². The third kappa shape index (κ3) is 2.90. The van der Waals surface area contributed by atoms with Crippen molar-refractivity contribution in [1.82, 2.24) is 4.90 Å². The molecule has 0 bridgehead atoms. The molecule has 1 N–H and O–H groups in total. The summed E-state index contributed by atoms with van der Waals surface area (Å²) in [4.78, 5) is 12.6. The molecule has 1 rings (SSSR count). The van der Waals surface area contributed by atoms with Crippen LogP contribution in [0.3, 0.4) is 0 Å². The van der Waals surface area contributed by atoms with Gasteiger partial charge in [0.05, 0.1) is 12.5 Å². The van der Waals surface area contributed by atoms with Crippen LogP contribution in [0.15, 0.2) is 0 Å². The summed E-state index contributed by atoms with van der Waals surface area (Å²) in [7, 11) is 0. The molecule has 1 saturated heterocycles. The van der Waals surface area contributed by atoms with E-state index in [1.54, 1.807) is 6.92 Å². The molecule has 5 heteroatoms. The van der Waals surface area contributed by atoms with Gasteiger partial charge in [-0.2, -0.15) is 0 Å². The van der Waals surface area contributed by atoms with E-state index >= 15 is 0 Å². The highest BCUT2D eigenvalue weighted by Gasteiger charge is 2.34. The van der Waals surface area contributed by atoms with Gasteiger partial charge < -0.3 is 10.0 Å². The van der Waals surface area contributed by atoms with Crippen molar-refractivity contribution < 1.29 is 18.7 Å². The molecular formula is C9H15F2NO2. The molecule has 1 aliphatic rings. The Balaban J connectivity index is 2.48. The summed E-state index contributed by atoms with van der Waals surface area (Å²) in [6.07, 6.45) is -1.35. The van der Waals surface area contributed by atoms with Crippen LogP contribution in [0.1, 0.15) is 20.3 Å². The number of alkyl halides is 2. The molecule has 0 saturated carbocycles. The van der Waals surface area contributed by atoms with Gasteiger partial charge in [0.15, 0.2) is 0 Å². The third-order valence-electron chi connectivity index (χ3n) is 2.39. The second kappa shape index (κ2) is 3.81. The lowest BCUT2D eigenvalue weighted by Crippen LogP contribution is -2.33. The van der Waals surface area contributed by atoms with Crippen molar-refractivity contribution in [3.05, 3.63) is 0 Å². The number of aliphatic hydroxyl groups is 1. The third-order valence-corrected chi connectivity index (χ3v) is 2.39.